The molecule has 2 heterocycles. The Kier molecular flexibility index (Phi) is 4.68. The van der Waals surface area contributed by atoms with Crippen molar-refractivity contribution in [2.75, 3.05) is 18.4 Å². The molecule has 1 aliphatic heterocycles. The fourth-order valence-corrected chi connectivity index (χ4v) is 4.91. The molecule has 3 N–H and O–H groups in total. The van der Waals surface area contributed by atoms with Crippen molar-refractivity contribution in [3.05, 3.63) is 0 Å². The Morgan fingerprint density at radius 2 is 2.25 bits per heavy atom. The summed E-state index contributed by atoms with van der Waals surface area (Å²) in [7, 11) is -3.69. The number of anilines is 1. The summed E-state index contributed by atoms with van der Waals surface area (Å²) in [5.41, 5.74) is 5.64. The highest BCUT2D eigenvalue weighted by atomic mass is 32.2. The summed E-state index contributed by atoms with van der Waals surface area (Å²) in [5, 5.41) is 9.94. The zero-order chi connectivity index (χ0) is 14.8. The average Bonchev–Trinajstić information content (AvgIpc) is 2.87. The Bertz CT molecular complexity index is 585. The minimum atomic E-state index is -3.69. The van der Waals surface area contributed by atoms with Crippen LogP contribution in [0, 0.1) is 0 Å². The summed E-state index contributed by atoms with van der Waals surface area (Å²) in [6.07, 6.45) is 2.54. The van der Waals surface area contributed by atoms with Gasteiger partial charge in [0.15, 0.2) is 0 Å². The third-order valence-electron chi connectivity index (χ3n) is 3.06. The van der Waals surface area contributed by atoms with Crippen molar-refractivity contribution in [1.82, 2.24) is 14.5 Å². The average molecular weight is 319 g/mol. The molecule has 1 atom stereocenters. The number of sulfonamides is 1. The van der Waals surface area contributed by atoms with Crippen molar-refractivity contribution in [1.29, 1.82) is 0 Å². The Morgan fingerprint density at radius 3 is 2.90 bits per heavy atom. The molecule has 1 aliphatic rings. The maximum atomic E-state index is 12.5. The van der Waals surface area contributed by atoms with E-state index in [0.29, 0.717) is 6.54 Å². The summed E-state index contributed by atoms with van der Waals surface area (Å²) in [6, 6.07) is -0.193. The second kappa shape index (κ2) is 6.12. The van der Waals surface area contributed by atoms with Crippen molar-refractivity contribution >= 4 is 32.4 Å². The second-order valence-electron chi connectivity index (χ2n) is 4.56. The van der Waals surface area contributed by atoms with Crippen molar-refractivity contribution in [2.45, 2.75) is 36.6 Å². The van der Waals surface area contributed by atoms with Crippen molar-refractivity contribution in [3.63, 3.8) is 0 Å². The van der Waals surface area contributed by atoms with Crippen LogP contribution < -0.4 is 11.1 Å². The molecular formula is C10H17N5O3S2. The van der Waals surface area contributed by atoms with Gasteiger partial charge >= 0.3 is 0 Å². The molecule has 0 aliphatic carbocycles. The lowest BCUT2D eigenvalue weighted by Crippen LogP contribution is -2.47. The molecule has 0 saturated carbocycles. The molecule has 0 radical (unpaired) electrons. The molecule has 1 amide bonds. The van der Waals surface area contributed by atoms with Crippen LogP contribution in [0.25, 0.3) is 0 Å². The Morgan fingerprint density at radius 1 is 1.50 bits per heavy atom. The standard InChI is InChI=1S/C10H17N5O3S2/c1-7(16)12-9-13-14-10(19-9)20(17,18)15-5-3-2-4-8(15)6-11/h8H,2-6,11H2,1H3,(H,12,13,16). The maximum absolute atomic E-state index is 12.5. The number of carbonyl (C=O) groups excluding carboxylic acids is 1. The number of nitrogens with one attached hydrogen (secondary N) is 1. The normalized spacial score (nSPS) is 20.8. The zero-order valence-electron chi connectivity index (χ0n) is 11.1. The summed E-state index contributed by atoms with van der Waals surface area (Å²) >= 11 is 0.850. The molecular weight excluding hydrogens is 302 g/mol. The van der Waals surface area contributed by atoms with Crippen LogP contribution in [0.2, 0.25) is 0 Å². The van der Waals surface area contributed by atoms with Crippen LogP contribution in [0.5, 0.6) is 0 Å². The Hall–Kier alpha value is -1.10. The van der Waals surface area contributed by atoms with Gasteiger partial charge in [0.1, 0.15) is 0 Å². The van der Waals surface area contributed by atoms with Gasteiger partial charge in [0, 0.05) is 26.1 Å². The topological polar surface area (TPSA) is 118 Å². The molecule has 1 fully saturated rings. The highest BCUT2D eigenvalue weighted by Crippen LogP contribution is 2.28. The molecule has 1 aromatic rings. The molecule has 0 bridgehead atoms. The molecule has 1 unspecified atom stereocenters. The van der Waals surface area contributed by atoms with Crippen LogP contribution >= 0.6 is 11.3 Å². The molecule has 0 spiro atoms. The van der Waals surface area contributed by atoms with Crippen LogP contribution in [0.15, 0.2) is 4.34 Å². The minimum Gasteiger partial charge on any atom is -0.329 e. The SMILES string of the molecule is CC(=O)Nc1nnc(S(=O)(=O)N2CCCCC2CN)s1. The lowest BCUT2D eigenvalue weighted by Gasteiger charge is -2.32. The lowest BCUT2D eigenvalue weighted by molar-refractivity contribution is -0.114. The molecule has 1 saturated heterocycles. The van der Waals surface area contributed by atoms with E-state index in [2.05, 4.69) is 15.5 Å². The van der Waals surface area contributed by atoms with E-state index < -0.39 is 10.0 Å². The van der Waals surface area contributed by atoms with Crippen LogP contribution in [0.1, 0.15) is 26.2 Å². The first-order valence-electron chi connectivity index (χ1n) is 6.28. The van der Waals surface area contributed by atoms with Gasteiger partial charge in [0.05, 0.1) is 0 Å². The van der Waals surface area contributed by atoms with E-state index in [1.165, 1.54) is 11.2 Å². The van der Waals surface area contributed by atoms with Gasteiger partial charge in [0.2, 0.25) is 15.4 Å². The van der Waals surface area contributed by atoms with Gasteiger partial charge in [-0.25, -0.2) is 8.42 Å². The number of amides is 1. The van der Waals surface area contributed by atoms with E-state index >= 15 is 0 Å². The zero-order valence-corrected chi connectivity index (χ0v) is 12.7. The maximum Gasteiger partial charge on any atom is 0.272 e. The van der Waals surface area contributed by atoms with Gasteiger partial charge in [-0.2, -0.15) is 4.31 Å². The first-order valence-corrected chi connectivity index (χ1v) is 8.54. The lowest BCUT2D eigenvalue weighted by atomic mass is 10.1. The van der Waals surface area contributed by atoms with Gasteiger partial charge in [-0.15, -0.1) is 10.2 Å². The van der Waals surface area contributed by atoms with Gasteiger partial charge in [0.25, 0.3) is 10.0 Å². The number of hydrogen-bond donors (Lipinski definition) is 2. The van der Waals surface area contributed by atoms with Gasteiger partial charge in [-0.3, -0.25) is 4.79 Å². The third kappa shape index (κ3) is 3.14. The van der Waals surface area contributed by atoms with Gasteiger partial charge < -0.3 is 11.1 Å². The van der Waals surface area contributed by atoms with E-state index in [4.69, 9.17) is 5.73 Å². The quantitative estimate of drug-likeness (QED) is 0.754. The number of rotatable bonds is 4. The highest BCUT2D eigenvalue weighted by Gasteiger charge is 2.35. The predicted octanol–water partition coefficient (Wildman–Crippen LogP) is -0.00160. The van der Waals surface area contributed by atoms with E-state index in [1.807, 2.05) is 0 Å². The smallest absolute Gasteiger partial charge is 0.272 e. The van der Waals surface area contributed by atoms with E-state index in [1.54, 1.807) is 0 Å². The third-order valence-corrected chi connectivity index (χ3v) is 6.20. The molecule has 112 valence electrons. The van der Waals surface area contributed by atoms with E-state index in [-0.39, 0.29) is 28.0 Å². The highest BCUT2D eigenvalue weighted by molar-refractivity contribution is 7.91. The van der Waals surface area contributed by atoms with Crippen LogP contribution in [0.3, 0.4) is 0 Å². The van der Waals surface area contributed by atoms with Crippen LogP contribution in [0.4, 0.5) is 5.13 Å². The predicted molar refractivity (Wildman–Crippen MR) is 74.8 cm³/mol. The van der Waals surface area contributed by atoms with E-state index in [9.17, 15) is 13.2 Å². The van der Waals surface area contributed by atoms with Gasteiger partial charge in [-0.05, 0) is 12.8 Å². The molecule has 10 heteroatoms. The first-order chi connectivity index (χ1) is 9.45. The number of piperidine rings is 1. The molecule has 1 aromatic heterocycles. The minimum absolute atomic E-state index is 0.110. The van der Waals surface area contributed by atoms with Crippen molar-refractivity contribution in [2.24, 2.45) is 5.73 Å². The van der Waals surface area contributed by atoms with Crippen LogP contribution in [-0.4, -0.2) is 48.0 Å². The number of carbonyl (C=O) groups is 1. The molecule has 8 nitrogen and oxygen atoms in total. The second-order valence-corrected chi connectivity index (χ2v) is 7.60. The van der Waals surface area contributed by atoms with Gasteiger partial charge in [-0.1, -0.05) is 17.8 Å². The number of nitrogens with two attached hydrogens (primary N) is 1. The largest absolute Gasteiger partial charge is 0.329 e. The molecule has 20 heavy (non-hydrogen) atoms. The number of aromatic nitrogens is 2. The van der Waals surface area contributed by atoms with E-state index in [0.717, 1.165) is 30.6 Å². The Labute approximate surface area is 121 Å². The fraction of sp³-hybridized carbons (Fsp3) is 0.700. The van der Waals surface area contributed by atoms with Crippen molar-refractivity contribution < 1.29 is 13.2 Å². The summed E-state index contributed by atoms with van der Waals surface area (Å²) in [4.78, 5) is 10.9. The first kappa shape index (κ1) is 15.3. The fourth-order valence-electron chi connectivity index (χ4n) is 2.14. The van der Waals surface area contributed by atoms with Crippen molar-refractivity contribution in [3.8, 4) is 0 Å². The molecule has 0 aromatic carbocycles. The Balaban J connectivity index is 2.24. The summed E-state index contributed by atoms with van der Waals surface area (Å²) in [5.74, 6) is -0.317. The summed E-state index contributed by atoms with van der Waals surface area (Å²) < 4.78 is 26.3. The number of hydrogen-bond acceptors (Lipinski definition) is 7. The summed E-state index contributed by atoms with van der Waals surface area (Å²) in [6.45, 7) is 2.06. The monoisotopic (exact) mass is 319 g/mol. The number of nitrogens with zero attached hydrogens (tertiary/aromatic N) is 3. The molecule has 2 rings (SSSR count). The van der Waals surface area contributed by atoms with Crippen LogP contribution in [-0.2, 0) is 14.8 Å².